The van der Waals surface area contributed by atoms with Gasteiger partial charge in [-0.05, 0) is 42.5 Å². The van der Waals surface area contributed by atoms with Crippen LogP contribution in [0.1, 0.15) is 36.5 Å². The number of nitrogens with zero attached hydrogens (tertiary/aromatic N) is 2. The van der Waals surface area contributed by atoms with Crippen LogP contribution >= 0.6 is 0 Å². The predicted molar refractivity (Wildman–Crippen MR) is 123 cm³/mol. The van der Waals surface area contributed by atoms with E-state index in [1.807, 2.05) is 12.1 Å². The summed E-state index contributed by atoms with van der Waals surface area (Å²) in [7, 11) is 0. The van der Waals surface area contributed by atoms with Gasteiger partial charge in [0.15, 0.2) is 5.96 Å². The zero-order chi connectivity index (χ0) is 21.5. The summed E-state index contributed by atoms with van der Waals surface area (Å²) in [5, 5.41) is 6.75. The Bertz CT molecular complexity index is 873. The second-order valence-electron chi connectivity index (χ2n) is 8.51. The Labute approximate surface area is 184 Å². The van der Waals surface area contributed by atoms with Crippen LogP contribution in [0.2, 0.25) is 0 Å². The predicted octanol–water partition coefficient (Wildman–Crippen LogP) is 3.44. The van der Waals surface area contributed by atoms with E-state index in [9.17, 15) is 4.39 Å². The molecule has 2 aromatic rings. The molecule has 0 radical (unpaired) electrons. The molecule has 0 bridgehead atoms. The van der Waals surface area contributed by atoms with Crippen molar-refractivity contribution >= 4 is 5.96 Å². The Balaban J connectivity index is 1.33. The van der Waals surface area contributed by atoms with E-state index in [-0.39, 0.29) is 11.2 Å². The topological polar surface area (TPSA) is 48.9 Å². The minimum atomic E-state index is -0.110. The maximum Gasteiger partial charge on any atom is 0.191 e. The summed E-state index contributed by atoms with van der Waals surface area (Å²) in [6.45, 7) is 8.76. The van der Waals surface area contributed by atoms with Crippen molar-refractivity contribution in [2.24, 2.45) is 4.99 Å². The molecule has 1 aliphatic heterocycles. The molecule has 2 aromatic carbocycles. The second kappa shape index (κ2) is 10.2. The third-order valence-electron chi connectivity index (χ3n) is 6.19. The largest absolute Gasteiger partial charge is 0.379 e. The van der Waals surface area contributed by atoms with Crippen LogP contribution in [0, 0.1) is 5.82 Å². The Morgan fingerprint density at radius 3 is 2.42 bits per heavy atom. The third-order valence-corrected chi connectivity index (χ3v) is 6.19. The fraction of sp³-hybridized carbons (Fsp3) is 0.480. The fourth-order valence-electron chi connectivity index (χ4n) is 4.12. The number of morpholine rings is 1. The molecule has 1 saturated carbocycles. The average molecular weight is 425 g/mol. The summed E-state index contributed by atoms with van der Waals surface area (Å²) in [5.41, 5.74) is 3.20. The minimum absolute atomic E-state index is 0.108. The number of guanidine groups is 1. The lowest BCUT2D eigenvalue weighted by Crippen LogP contribution is -2.41. The fourth-order valence-corrected chi connectivity index (χ4v) is 4.12. The Kier molecular flexibility index (Phi) is 7.20. The Morgan fingerprint density at radius 2 is 1.74 bits per heavy atom. The molecule has 5 nitrogen and oxygen atoms in total. The summed E-state index contributed by atoms with van der Waals surface area (Å²) < 4.78 is 19.7. The van der Waals surface area contributed by atoms with Crippen molar-refractivity contribution in [2.45, 2.75) is 38.3 Å². The summed E-state index contributed by atoms with van der Waals surface area (Å²) >= 11 is 0. The molecule has 0 aromatic heterocycles. The third kappa shape index (κ3) is 5.83. The lowest BCUT2D eigenvalue weighted by Gasteiger charge is -2.26. The van der Waals surface area contributed by atoms with Gasteiger partial charge in [-0.15, -0.1) is 0 Å². The van der Waals surface area contributed by atoms with Gasteiger partial charge in [0.05, 0.1) is 19.8 Å². The number of halogens is 1. The van der Waals surface area contributed by atoms with Gasteiger partial charge in [-0.25, -0.2) is 9.38 Å². The molecule has 4 rings (SSSR count). The number of ether oxygens (including phenoxy) is 1. The van der Waals surface area contributed by atoms with Crippen LogP contribution in [0.25, 0.3) is 0 Å². The first-order chi connectivity index (χ1) is 15.2. The molecule has 6 heteroatoms. The van der Waals surface area contributed by atoms with Crippen LogP contribution in [0.4, 0.5) is 4.39 Å². The van der Waals surface area contributed by atoms with Gasteiger partial charge in [0.25, 0.3) is 0 Å². The van der Waals surface area contributed by atoms with Gasteiger partial charge in [0.1, 0.15) is 5.82 Å². The van der Waals surface area contributed by atoms with Gasteiger partial charge >= 0.3 is 0 Å². The van der Waals surface area contributed by atoms with Crippen molar-refractivity contribution in [3.63, 3.8) is 0 Å². The molecule has 0 amide bonds. The highest BCUT2D eigenvalue weighted by Gasteiger charge is 2.45. The van der Waals surface area contributed by atoms with Crippen molar-refractivity contribution in [2.75, 3.05) is 39.4 Å². The molecule has 166 valence electrons. The van der Waals surface area contributed by atoms with Crippen molar-refractivity contribution in [3.05, 3.63) is 71.0 Å². The maximum absolute atomic E-state index is 14.3. The van der Waals surface area contributed by atoms with E-state index >= 15 is 0 Å². The molecule has 2 fully saturated rings. The van der Waals surface area contributed by atoms with Gasteiger partial charge in [-0.2, -0.15) is 0 Å². The molecule has 1 heterocycles. The van der Waals surface area contributed by atoms with Gasteiger partial charge in [0, 0.05) is 38.1 Å². The lowest BCUT2D eigenvalue weighted by atomic mass is 9.95. The number of aliphatic imine (C=N–C) groups is 1. The monoisotopic (exact) mass is 424 g/mol. The smallest absolute Gasteiger partial charge is 0.191 e. The molecule has 0 spiro atoms. The van der Waals surface area contributed by atoms with Gasteiger partial charge in [-0.3, -0.25) is 4.90 Å². The molecule has 31 heavy (non-hydrogen) atoms. The van der Waals surface area contributed by atoms with Crippen LogP contribution in [0.3, 0.4) is 0 Å². The van der Waals surface area contributed by atoms with Crippen LogP contribution < -0.4 is 10.6 Å². The van der Waals surface area contributed by atoms with E-state index in [0.717, 1.165) is 63.8 Å². The SMILES string of the molecule is CCNC(=NCc1ccc(CN2CCOCC2)cc1)NCC1(c2ccccc2F)CC1. The van der Waals surface area contributed by atoms with E-state index in [4.69, 9.17) is 9.73 Å². The van der Waals surface area contributed by atoms with E-state index in [1.165, 1.54) is 11.1 Å². The number of nitrogens with one attached hydrogen (secondary N) is 2. The number of rotatable bonds is 8. The zero-order valence-corrected chi connectivity index (χ0v) is 18.4. The molecule has 0 unspecified atom stereocenters. The highest BCUT2D eigenvalue weighted by molar-refractivity contribution is 5.80. The standard InChI is InChI=1S/C25H33FN4O/c1-2-27-24(29-19-25(11-12-25)22-5-3-4-6-23(22)26)28-17-20-7-9-21(10-8-20)18-30-13-15-31-16-14-30/h3-10H,2,11-19H2,1H3,(H2,27,28,29). The molecular weight excluding hydrogens is 391 g/mol. The highest BCUT2D eigenvalue weighted by Crippen LogP contribution is 2.48. The van der Waals surface area contributed by atoms with E-state index in [1.54, 1.807) is 12.1 Å². The van der Waals surface area contributed by atoms with E-state index < -0.39 is 0 Å². The van der Waals surface area contributed by atoms with Crippen molar-refractivity contribution < 1.29 is 9.13 Å². The van der Waals surface area contributed by atoms with E-state index in [0.29, 0.717) is 13.1 Å². The lowest BCUT2D eigenvalue weighted by molar-refractivity contribution is 0.0342. The highest BCUT2D eigenvalue weighted by atomic mass is 19.1. The Morgan fingerprint density at radius 1 is 1.03 bits per heavy atom. The van der Waals surface area contributed by atoms with Gasteiger partial charge in [0.2, 0.25) is 0 Å². The van der Waals surface area contributed by atoms with Crippen molar-refractivity contribution in [1.29, 1.82) is 0 Å². The quantitative estimate of drug-likeness (QED) is 0.504. The molecule has 2 aliphatic rings. The number of hydrogen-bond donors (Lipinski definition) is 2. The molecule has 2 N–H and O–H groups in total. The number of benzene rings is 2. The first-order valence-electron chi connectivity index (χ1n) is 11.3. The number of hydrogen-bond acceptors (Lipinski definition) is 3. The Hall–Kier alpha value is -2.44. The normalized spacial score (nSPS) is 18.6. The summed E-state index contributed by atoms with van der Waals surface area (Å²) in [5.74, 6) is 0.670. The van der Waals surface area contributed by atoms with Crippen molar-refractivity contribution in [3.8, 4) is 0 Å². The molecule has 1 aliphatic carbocycles. The van der Waals surface area contributed by atoms with E-state index in [2.05, 4.69) is 46.7 Å². The van der Waals surface area contributed by atoms with Gasteiger partial charge in [-0.1, -0.05) is 42.5 Å². The van der Waals surface area contributed by atoms with Crippen molar-refractivity contribution in [1.82, 2.24) is 15.5 Å². The van der Waals surface area contributed by atoms with Gasteiger partial charge < -0.3 is 15.4 Å². The molecule has 0 atom stereocenters. The average Bonchev–Trinajstić information content (AvgIpc) is 3.59. The first kappa shape index (κ1) is 21.8. The van der Waals surface area contributed by atoms with Crippen LogP contribution in [-0.4, -0.2) is 50.3 Å². The minimum Gasteiger partial charge on any atom is -0.379 e. The van der Waals surface area contributed by atoms with Crippen LogP contribution in [0.5, 0.6) is 0 Å². The summed E-state index contributed by atoms with van der Waals surface area (Å²) in [6.07, 6.45) is 2.01. The summed E-state index contributed by atoms with van der Waals surface area (Å²) in [4.78, 5) is 7.17. The molecular formula is C25H33FN4O. The molecule has 1 saturated heterocycles. The van der Waals surface area contributed by atoms with Crippen LogP contribution in [-0.2, 0) is 23.2 Å². The second-order valence-corrected chi connectivity index (χ2v) is 8.51. The van der Waals surface area contributed by atoms with Crippen LogP contribution in [0.15, 0.2) is 53.5 Å². The zero-order valence-electron chi connectivity index (χ0n) is 18.4. The maximum atomic E-state index is 14.3. The summed E-state index contributed by atoms with van der Waals surface area (Å²) in [6, 6.07) is 15.8. The first-order valence-corrected chi connectivity index (χ1v) is 11.3.